The Labute approximate surface area is 89.1 Å². The van der Waals surface area contributed by atoms with Crippen molar-refractivity contribution in [1.82, 2.24) is 14.8 Å². The van der Waals surface area contributed by atoms with Gasteiger partial charge in [0.05, 0.1) is 5.69 Å². The molecule has 1 N–H and O–H groups in total. The summed E-state index contributed by atoms with van der Waals surface area (Å²) in [6.45, 7) is 0. The SMILES string of the molecule is Fc1cc(Cl)ccc1-n1cn[nH]c1=S. The van der Waals surface area contributed by atoms with Gasteiger partial charge < -0.3 is 0 Å². The number of aromatic nitrogens is 3. The van der Waals surface area contributed by atoms with Gasteiger partial charge in [-0.15, -0.1) is 0 Å². The van der Waals surface area contributed by atoms with Gasteiger partial charge in [-0.25, -0.2) is 4.39 Å². The fourth-order valence-corrected chi connectivity index (χ4v) is 1.45. The highest BCUT2D eigenvalue weighted by Crippen LogP contribution is 2.17. The highest BCUT2D eigenvalue weighted by Gasteiger charge is 2.05. The molecule has 2 aromatic rings. The molecule has 3 nitrogen and oxygen atoms in total. The van der Waals surface area contributed by atoms with E-state index in [0.29, 0.717) is 15.5 Å². The van der Waals surface area contributed by atoms with Gasteiger partial charge in [0, 0.05) is 5.02 Å². The van der Waals surface area contributed by atoms with E-state index < -0.39 is 5.82 Å². The molecule has 6 heteroatoms. The van der Waals surface area contributed by atoms with E-state index in [0.717, 1.165) is 0 Å². The number of nitrogens with one attached hydrogen (secondary N) is 1. The van der Waals surface area contributed by atoms with Gasteiger partial charge in [-0.2, -0.15) is 5.10 Å². The van der Waals surface area contributed by atoms with Gasteiger partial charge in [0.15, 0.2) is 4.77 Å². The van der Waals surface area contributed by atoms with Crippen molar-refractivity contribution in [1.29, 1.82) is 0 Å². The zero-order valence-corrected chi connectivity index (χ0v) is 8.44. The van der Waals surface area contributed by atoms with Crippen LogP contribution in [0.1, 0.15) is 0 Å². The molecule has 0 unspecified atom stereocenters. The Hall–Kier alpha value is -1.20. The summed E-state index contributed by atoms with van der Waals surface area (Å²) in [5.41, 5.74) is 0.327. The molecule has 1 aromatic carbocycles. The van der Waals surface area contributed by atoms with Gasteiger partial charge in [0.25, 0.3) is 0 Å². The smallest absolute Gasteiger partial charge is 0.199 e. The van der Waals surface area contributed by atoms with Crippen LogP contribution >= 0.6 is 23.8 Å². The number of hydrogen-bond acceptors (Lipinski definition) is 2. The molecule has 0 saturated heterocycles. The second-order valence-electron chi connectivity index (χ2n) is 2.63. The van der Waals surface area contributed by atoms with E-state index in [1.165, 1.54) is 17.0 Å². The predicted octanol–water partition coefficient (Wildman–Crippen LogP) is 2.72. The molecule has 2 rings (SSSR count). The number of H-pyrrole nitrogens is 1. The highest BCUT2D eigenvalue weighted by atomic mass is 35.5. The molecule has 0 radical (unpaired) electrons. The number of halogens is 2. The molecule has 0 amide bonds. The van der Waals surface area contributed by atoms with Crippen LogP contribution in [0.3, 0.4) is 0 Å². The third-order valence-corrected chi connectivity index (χ3v) is 2.24. The fraction of sp³-hybridized carbons (Fsp3) is 0. The molecule has 14 heavy (non-hydrogen) atoms. The standard InChI is InChI=1S/C8H5ClFN3S/c9-5-1-2-7(6(10)3-5)13-4-11-12-8(13)14/h1-4H,(H,12,14). The maximum absolute atomic E-state index is 13.4. The lowest BCUT2D eigenvalue weighted by Gasteiger charge is -2.02. The van der Waals surface area contributed by atoms with Crippen LogP contribution in [-0.4, -0.2) is 14.8 Å². The topological polar surface area (TPSA) is 33.6 Å². The van der Waals surface area contributed by atoms with E-state index in [1.807, 2.05) is 0 Å². The van der Waals surface area contributed by atoms with Crippen LogP contribution in [-0.2, 0) is 0 Å². The summed E-state index contributed by atoms with van der Waals surface area (Å²) in [5.74, 6) is -0.435. The van der Waals surface area contributed by atoms with Crippen LogP contribution in [0, 0.1) is 10.6 Å². The summed E-state index contributed by atoms with van der Waals surface area (Å²) < 4.78 is 15.2. The van der Waals surface area contributed by atoms with Gasteiger partial charge in [0.2, 0.25) is 0 Å². The minimum absolute atomic E-state index is 0.327. The van der Waals surface area contributed by atoms with Gasteiger partial charge in [0.1, 0.15) is 12.1 Å². The predicted molar refractivity (Wildman–Crippen MR) is 53.7 cm³/mol. The molecule has 0 atom stereocenters. The molecule has 0 aliphatic rings. The molecule has 0 aliphatic heterocycles. The average Bonchev–Trinajstić information content (AvgIpc) is 2.52. The molecular formula is C8H5ClFN3S. The van der Waals surface area contributed by atoms with Crippen molar-refractivity contribution in [3.63, 3.8) is 0 Å². The number of aromatic amines is 1. The average molecular weight is 230 g/mol. The number of nitrogens with zero attached hydrogens (tertiary/aromatic N) is 2. The zero-order chi connectivity index (χ0) is 10.1. The van der Waals surface area contributed by atoms with E-state index in [1.54, 1.807) is 12.1 Å². The summed E-state index contributed by atoms with van der Waals surface area (Å²) in [5, 5.41) is 6.58. The first kappa shape index (κ1) is 9.36. The lowest BCUT2D eigenvalue weighted by Crippen LogP contribution is -1.95. The Morgan fingerprint density at radius 2 is 2.29 bits per heavy atom. The normalized spacial score (nSPS) is 10.4. The Balaban J connectivity index is 2.63. The number of benzene rings is 1. The lowest BCUT2D eigenvalue weighted by molar-refractivity contribution is 0.617. The molecule has 0 aliphatic carbocycles. The van der Waals surface area contributed by atoms with Crippen LogP contribution in [0.2, 0.25) is 5.02 Å². The molecule has 1 aromatic heterocycles. The number of hydrogen-bond donors (Lipinski definition) is 1. The second kappa shape index (κ2) is 3.51. The monoisotopic (exact) mass is 229 g/mol. The van der Waals surface area contributed by atoms with Crippen molar-refractivity contribution >= 4 is 23.8 Å². The van der Waals surface area contributed by atoms with Gasteiger partial charge in [-0.05, 0) is 30.4 Å². The first-order valence-electron chi connectivity index (χ1n) is 3.76. The van der Waals surface area contributed by atoms with E-state index in [4.69, 9.17) is 23.8 Å². The molecule has 0 saturated carbocycles. The van der Waals surface area contributed by atoms with Crippen molar-refractivity contribution in [2.75, 3.05) is 0 Å². The first-order valence-corrected chi connectivity index (χ1v) is 4.54. The van der Waals surface area contributed by atoms with E-state index in [-0.39, 0.29) is 0 Å². The molecule has 1 heterocycles. The second-order valence-corrected chi connectivity index (χ2v) is 3.45. The van der Waals surface area contributed by atoms with Crippen LogP contribution in [0.4, 0.5) is 4.39 Å². The Kier molecular flexibility index (Phi) is 2.35. The summed E-state index contributed by atoms with van der Waals surface area (Å²) in [7, 11) is 0. The van der Waals surface area contributed by atoms with Crippen LogP contribution in [0.5, 0.6) is 0 Å². The Morgan fingerprint density at radius 3 is 2.86 bits per heavy atom. The van der Waals surface area contributed by atoms with Crippen molar-refractivity contribution < 1.29 is 4.39 Å². The van der Waals surface area contributed by atoms with Gasteiger partial charge >= 0.3 is 0 Å². The minimum atomic E-state index is -0.435. The summed E-state index contributed by atoms with van der Waals surface area (Å²) >= 11 is 10.5. The van der Waals surface area contributed by atoms with Crippen molar-refractivity contribution in [2.24, 2.45) is 0 Å². The van der Waals surface area contributed by atoms with E-state index >= 15 is 0 Å². The number of rotatable bonds is 1. The van der Waals surface area contributed by atoms with Crippen LogP contribution in [0.25, 0.3) is 5.69 Å². The highest BCUT2D eigenvalue weighted by molar-refractivity contribution is 7.71. The van der Waals surface area contributed by atoms with Crippen LogP contribution < -0.4 is 0 Å². The van der Waals surface area contributed by atoms with Gasteiger partial charge in [-0.3, -0.25) is 9.67 Å². The van der Waals surface area contributed by atoms with Crippen LogP contribution in [0.15, 0.2) is 24.5 Å². The molecule has 0 spiro atoms. The third kappa shape index (κ3) is 1.56. The zero-order valence-electron chi connectivity index (χ0n) is 6.87. The third-order valence-electron chi connectivity index (χ3n) is 1.72. The lowest BCUT2D eigenvalue weighted by atomic mass is 10.3. The Bertz CT molecular complexity index is 519. The Morgan fingerprint density at radius 1 is 1.50 bits per heavy atom. The molecule has 0 bridgehead atoms. The fourth-order valence-electron chi connectivity index (χ4n) is 1.10. The van der Waals surface area contributed by atoms with Gasteiger partial charge in [-0.1, -0.05) is 11.6 Å². The quantitative estimate of drug-likeness (QED) is 0.763. The summed E-state index contributed by atoms with van der Waals surface area (Å²) in [6.07, 6.45) is 1.41. The summed E-state index contributed by atoms with van der Waals surface area (Å²) in [6, 6.07) is 4.36. The minimum Gasteiger partial charge on any atom is -0.272 e. The van der Waals surface area contributed by atoms with Crippen molar-refractivity contribution in [3.05, 3.63) is 40.1 Å². The molecular weight excluding hydrogens is 225 g/mol. The van der Waals surface area contributed by atoms with E-state index in [2.05, 4.69) is 10.2 Å². The summed E-state index contributed by atoms with van der Waals surface area (Å²) in [4.78, 5) is 0. The maximum Gasteiger partial charge on any atom is 0.199 e. The largest absolute Gasteiger partial charge is 0.272 e. The van der Waals surface area contributed by atoms with Crippen molar-refractivity contribution in [2.45, 2.75) is 0 Å². The maximum atomic E-state index is 13.4. The van der Waals surface area contributed by atoms with E-state index in [9.17, 15) is 4.39 Å². The molecule has 72 valence electrons. The van der Waals surface area contributed by atoms with Crippen molar-refractivity contribution in [3.8, 4) is 5.69 Å². The molecule has 0 fully saturated rings. The first-order chi connectivity index (χ1) is 6.68.